The van der Waals surface area contributed by atoms with E-state index in [-0.39, 0.29) is 12.5 Å². The summed E-state index contributed by atoms with van der Waals surface area (Å²) in [7, 11) is 0. The van der Waals surface area contributed by atoms with Gasteiger partial charge in [-0.3, -0.25) is 4.79 Å². The van der Waals surface area contributed by atoms with Gasteiger partial charge in [0.2, 0.25) is 5.91 Å². The van der Waals surface area contributed by atoms with Crippen LogP contribution in [-0.4, -0.2) is 27.4 Å². The normalized spacial score (nSPS) is 16.3. The van der Waals surface area contributed by atoms with Crippen LogP contribution in [0.2, 0.25) is 0 Å². The van der Waals surface area contributed by atoms with Gasteiger partial charge in [-0.05, 0) is 18.8 Å². The highest BCUT2D eigenvalue weighted by Crippen LogP contribution is 2.23. The summed E-state index contributed by atoms with van der Waals surface area (Å²) in [6, 6.07) is 0. The average Bonchev–Trinajstić information content (AvgIpc) is 2.97. The fourth-order valence-corrected chi connectivity index (χ4v) is 2.19. The van der Waals surface area contributed by atoms with Crippen LogP contribution in [0.15, 0.2) is 6.20 Å². The lowest BCUT2D eigenvalue weighted by Gasteiger charge is -2.10. The van der Waals surface area contributed by atoms with E-state index in [0.29, 0.717) is 18.2 Å². The van der Waals surface area contributed by atoms with Crippen molar-refractivity contribution in [1.29, 1.82) is 0 Å². The van der Waals surface area contributed by atoms with Crippen LogP contribution in [0.3, 0.4) is 0 Å². The number of carbonyl (C=O) groups excluding carboxylic acids is 1. The molecule has 0 spiro atoms. The summed E-state index contributed by atoms with van der Waals surface area (Å²) in [4.78, 5) is 11.6. The topological polar surface area (TPSA) is 85.8 Å². The summed E-state index contributed by atoms with van der Waals surface area (Å²) >= 11 is 0. The number of nitrogens with zero attached hydrogens (tertiary/aromatic N) is 3. The van der Waals surface area contributed by atoms with Gasteiger partial charge in [0.05, 0.1) is 11.9 Å². The number of amides is 1. The molecule has 6 nitrogen and oxygen atoms in total. The fraction of sp³-hybridized carbons (Fsp3) is 0.727. The van der Waals surface area contributed by atoms with Crippen molar-refractivity contribution in [3.63, 3.8) is 0 Å². The van der Waals surface area contributed by atoms with Crippen molar-refractivity contribution in [2.75, 3.05) is 6.54 Å². The SMILES string of the molecule is NCc1cn(CC(=O)NCC2CCCC2)nn1. The minimum Gasteiger partial charge on any atom is -0.354 e. The molecule has 1 heterocycles. The molecule has 3 N–H and O–H groups in total. The maximum absolute atomic E-state index is 11.6. The molecule has 0 aliphatic heterocycles. The number of hydrogen-bond donors (Lipinski definition) is 2. The molecule has 0 aromatic carbocycles. The van der Waals surface area contributed by atoms with Crippen molar-refractivity contribution < 1.29 is 4.79 Å². The first kappa shape index (κ1) is 12.0. The minimum atomic E-state index is -0.00892. The first-order valence-corrected chi connectivity index (χ1v) is 6.13. The zero-order chi connectivity index (χ0) is 12.1. The van der Waals surface area contributed by atoms with Crippen LogP contribution in [0.4, 0.5) is 0 Å². The molecular formula is C11H19N5O. The van der Waals surface area contributed by atoms with Crippen LogP contribution in [-0.2, 0) is 17.9 Å². The van der Waals surface area contributed by atoms with Crippen molar-refractivity contribution in [2.45, 2.75) is 38.8 Å². The summed E-state index contributed by atoms with van der Waals surface area (Å²) in [6.45, 7) is 1.36. The molecule has 17 heavy (non-hydrogen) atoms. The molecule has 1 aliphatic rings. The van der Waals surface area contributed by atoms with E-state index >= 15 is 0 Å². The third kappa shape index (κ3) is 3.52. The number of carbonyl (C=O) groups is 1. The van der Waals surface area contributed by atoms with Gasteiger partial charge in [-0.25, -0.2) is 4.68 Å². The van der Waals surface area contributed by atoms with E-state index in [2.05, 4.69) is 15.6 Å². The molecule has 1 aliphatic carbocycles. The molecule has 0 radical (unpaired) electrons. The molecule has 1 fully saturated rings. The van der Waals surface area contributed by atoms with Gasteiger partial charge in [0.1, 0.15) is 6.54 Å². The van der Waals surface area contributed by atoms with Crippen LogP contribution in [0.25, 0.3) is 0 Å². The van der Waals surface area contributed by atoms with Crippen molar-refractivity contribution in [3.8, 4) is 0 Å². The highest BCUT2D eigenvalue weighted by molar-refractivity contribution is 5.75. The van der Waals surface area contributed by atoms with E-state index < -0.39 is 0 Å². The lowest BCUT2D eigenvalue weighted by molar-refractivity contribution is -0.122. The fourth-order valence-electron chi connectivity index (χ4n) is 2.19. The van der Waals surface area contributed by atoms with E-state index in [9.17, 15) is 4.79 Å². The molecule has 0 bridgehead atoms. The van der Waals surface area contributed by atoms with Crippen molar-refractivity contribution in [2.24, 2.45) is 11.7 Å². The van der Waals surface area contributed by atoms with E-state index in [1.165, 1.54) is 30.4 Å². The standard InChI is InChI=1S/C11H19N5O/c12-5-10-7-16(15-14-10)8-11(17)13-6-9-3-1-2-4-9/h7,9H,1-6,8,12H2,(H,13,17). The molecule has 6 heteroatoms. The Morgan fingerprint density at radius 3 is 2.94 bits per heavy atom. The van der Waals surface area contributed by atoms with E-state index in [0.717, 1.165) is 6.54 Å². The highest BCUT2D eigenvalue weighted by atomic mass is 16.2. The molecule has 1 saturated carbocycles. The monoisotopic (exact) mass is 237 g/mol. The molecule has 1 aromatic heterocycles. The highest BCUT2D eigenvalue weighted by Gasteiger charge is 2.15. The van der Waals surface area contributed by atoms with Gasteiger partial charge >= 0.3 is 0 Å². The number of aromatic nitrogens is 3. The molecule has 2 rings (SSSR count). The first-order chi connectivity index (χ1) is 8.28. The van der Waals surface area contributed by atoms with Crippen molar-refractivity contribution >= 4 is 5.91 Å². The summed E-state index contributed by atoms with van der Waals surface area (Å²) in [6.07, 6.45) is 6.77. The summed E-state index contributed by atoms with van der Waals surface area (Å²) in [5.41, 5.74) is 6.12. The molecule has 94 valence electrons. The lowest BCUT2D eigenvalue weighted by atomic mass is 10.1. The van der Waals surface area contributed by atoms with Gasteiger partial charge in [-0.15, -0.1) is 5.10 Å². The Hall–Kier alpha value is -1.43. The van der Waals surface area contributed by atoms with Crippen molar-refractivity contribution in [3.05, 3.63) is 11.9 Å². The summed E-state index contributed by atoms with van der Waals surface area (Å²) in [5.74, 6) is 0.652. The number of hydrogen-bond acceptors (Lipinski definition) is 4. The molecule has 1 amide bonds. The third-order valence-electron chi connectivity index (χ3n) is 3.16. The molecule has 1 aromatic rings. The summed E-state index contributed by atoms with van der Waals surface area (Å²) in [5, 5.41) is 10.6. The van der Waals surface area contributed by atoms with Gasteiger partial charge in [0.15, 0.2) is 0 Å². The predicted molar refractivity (Wildman–Crippen MR) is 62.9 cm³/mol. The predicted octanol–water partition coefficient (Wildman–Crippen LogP) is 0.0432. The zero-order valence-corrected chi connectivity index (χ0v) is 9.93. The third-order valence-corrected chi connectivity index (χ3v) is 3.16. The largest absolute Gasteiger partial charge is 0.354 e. The Balaban J connectivity index is 1.72. The second-order valence-electron chi connectivity index (χ2n) is 4.57. The molecule has 0 unspecified atom stereocenters. The summed E-state index contributed by atoms with van der Waals surface area (Å²) < 4.78 is 1.52. The second kappa shape index (κ2) is 5.77. The number of nitrogens with one attached hydrogen (secondary N) is 1. The average molecular weight is 237 g/mol. The van der Waals surface area contributed by atoms with Gasteiger partial charge in [0, 0.05) is 13.1 Å². The van der Waals surface area contributed by atoms with Crippen LogP contribution in [0.1, 0.15) is 31.4 Å². The minimum absolute atomic E-state index is 0.00892. The van der Waals surface area contributed by atoms with E-state index in [1.807, 2.05) is 0 Å². The molecule has 0 atom stereocenters. The number of rotatable bonds is 5. The lowest BCUT2D eigenvalue weighted by Crippen LogP contribution is -2.31. The Morgan fingerprint density at radius 2 is 2.29 bits per heavy atom. The van der Waals surface area contributed by atoms with E-state index in [1.54, 1.807) is 6.20 Å². The van der Waals surface area contributed by atoms with Gasteiger partial charge in [-0.2, -0.15) is 0 Å². The Kier molecular flexibility index (Phi) is 4.08. The quantitative estimate of drug-likeness (QED) is 0.757. The van der Waals surface area contributed by atoms with Gasteiger partial charge in [0.25, 0.3) is 0 Å². The maximum Gasteiger partial charge on any atom is 0.241 e. The second-order valence-corrected chi connectivity index (χ2v) is 4.57. The Morgan fingerprint density at radius 1 is 1.53 bits per heavy atom. The Bertz CT molecular complexity index is 370. The number of nitrogens with two attached hydrogens (primary N) is 1. The van der Waals surface area contributed by atoms with Crippen molar-refractivity contribution in [1.82, 2.24) is 20.3 Å². The van der Waals surface area contributed by atoms with Crippen LogP contribution >= 0.6 is 0 Å². The molecular weight excluding hydrogens is 218 g/mol. The molecule has 0 saturated heterocycles. The zero-order valence-electron chi connectivity index (χ0n) is 9.93. The van der Waals surface area contributed by atoms with Gasteiger partial charge < -0.3 is 11.1 Å². The van der Waals surface area contributed by atoms with Crippen LogP contribution < -0.4 is 11.1 Å². The smallest absolute Gasteiger partial charge is 0.241 e. The Labute approximate surface area is 101 Å². The maximum atomic E-state index is 11.6. The first-order valence-electron chi connectivity index (χ1n) is 6.13. The van der Waals surface area contributed by atoms with Crippen LogP contribution in [0, 0.1) is 5.92 Å². The van der Waals surface area contributed by atoms with Gasteiger partial charge in [-0.1, -0.05) is 18.1 Å². The van der Waals surface area contributed by atoms with Crippen LogP contribution in [0.5, 0.6) is 0 Å². The van der Waals surface area contributed by atoms with E-state index in [4.69, 9.17) is 5.73 Å².